The molecular weight excluding hydrogens is 991 g/mol. The third kappa shape index (κ3) is 33.8. The summed E-state index contributed by atoms with van der Waals surface area (Å²) in [5.41, 5.74) is 0. The van der Waals surface area contributed by atoms with Gasteiger partial charge in [-0.1, -0.05) is 227 Å². The van der Waals surface area contributed by atoms with Crippen molar-refractivity contribution in [2.45, 2.75) is 293 Å². The minimum atomic E-state index is -1.80. The number of aliphatic hydroxyl groups is 8. The Bertz CT molecular complexity index is 1630. The number of ether oxygens (including phenoxy) is 4. The van der Waals surface area contributed by atoms with Crippen LogP contribution in [0.5, 0.6) is 0 Å². The second-order valence-corrected chi connectivity index (χ2v) is 21.5. The average molecular weight is 1100 g/mol. The highest BCUT2D eigenvalue weighted by molar-refractivity contribution is 5.76. The van der Waals surface area contributed by atoms with Gasteiger partial charge in [-0.2, -0.15) is 0 Å². The molecule has 2 saturated heterocycles. The maximum atomic E-state index is 13.3. The van der Waals surface area contributed by atoms with E-state index < -0.39 is 86.8 Å². The number of aliphatic hydroxyl groups excluding tert-OH is 8. The van der Waals surface area contributed by atoms with Crippen LogP contribution in [0.4, 0.5) is 0 Å². The van der Waals surface area contributed by atoms with Crippen LogP contribution in [-0.2, 0) is 23.7 Å². The number of rotatable bonds is 48. The first-order valence-corrected chi connectivity index (χ1v) is 30.8. The molecule has 0 saturated carbocycles. The van der Waals surface area contributed by atoms with E-state index in [4.69, 9.17) is 18.9 Å². The third-order valence-electron chi connectivity index (χ3n) is 14.6. The minimum Gasteiger partial charge on any atom is -0.394 e. The van der Waals surface area contributed by atoms with Crippen LogP contribution in [-0.4, -0.2) is 140 Å². The summed E-state index contributed by atoms with van der Waals surface area (Å²) in [6.45, 7) is 2.67. The first kappa shape index (κ1) is 71.3. The highest BCUT2D eigenvalue weighted by Gasteiger charge is 2.51. The lowest BCUT2D eigenvalue weighted by Gasteiger charge is -2.46. The summed E-state index contributed by atoms with van der Waals surface area (Å²) in [6.07, 6.45) is 49.0. The van der Waals surface area contributed by atoms with Gasteiger partial charge in [0.1, 0.15) is 48.8 Å². The molecule has 0 aromatic rings. The molecule has 2 aliphatic rings. The molecule has 12 atom stereocenters. The van der Waals surface area contributed by atoms with Gasteiger partial charge < -0.3 is 65.1 Å². The zero-order chi connectivity index (χ0) is 56.7. The normalized spacial score (nSPS) is 25.2. The summed E-state index contributed by atoms with van der Waals surface area (Å²) in [4.78, 5) is 13.3. The lowest BCUT2D eigenvalue weighted by molar-refractivity contribution is -0.359. The Balaban J connectivity index is 1.78. The number of hydrogen-bond donors (Lipinski definition) is 9. The quantitative estimate of drug-likeness (QED) is 0.0204. The molecule has 9 N–H and O–H groups in total. The summed E-state index contributed by atoms with van der Waals surface area (Å²) in [5.74, 6) is -0.266. The number of hydrogen-bond acceptors (Lipinski definition) is 13. The van der Waals surface area contributed by atoms with E-state index in [0.29, 0.717) is 6.42 Å². The Morgan fingerprint density at radius 1 is 0.474 bits per heavy atom. The average Bonchev–Trinajstić information content (AvgIpc) is 3.48. The van der Waals surface area contributed by atoms with Crippen LogP contribution in [0, 0.1) is 0 Å². The molecule has 0 aromatic carbocycles. The van der Waals surface area contributed by atoms with Crippen molar-refractivity contribution >= 4 is 5.91 Å². The molecule has 78 heavy (non-hydrogen) atoms. The van der Waals surface area contributed by atoms with Crippen molar-refractivity contribution in [3.63, 3.8) is 0 Å². The number of carbonyl (C=O) groups excluding carboxylic acids is 1. The molecule has 450 valence electrons. The molecule has 0 aliphatic carbocycles. The minimum absolute atomic E-state index is 0.247. The fourth-order valence-corrected chi connectivity index (χ4v) is 9.65. The van der Waals surface area contributed by atoms with Crippen LogP contribution >= 0.6 is 0 Å². The van der Waals surface area contributed by atoms with Gasteiger partial charge in [0, 0.05) is 6.42 Å². The number of amides is 1. The fraction of sp³-hybridized carbons (Fsp3) is 0.766. The van der Waals surface area contributed by atoms with E-state index >= 15 is 0 Å². The molecule has 0 spiro atoms. The molecule has 14 heteroatoms. The molecule has 2 rings (SSSR count). The molecule has 2 aliphatic heterocycles. The van der Waals surface area contributed by atoms with Crippen LogP contribution in [0.2, 0.25) is 0 Å². The summed E-state index contributed by atoms with van der Waals surface area (Å²) in [7, 11) is 0. The van der Waals surface area contributed by atoms with Gasteiger partial charge in [-0.3, -0.25) is 4.79 Å². The van der Waals surface area contributed by atoms with Crippen molar-refractivity contribution in [3.05, 3.63) is 85.1 Å². The maximum absolute atomic E-state index is 13.3. The van der Waals surface area contributed by atoms with E-state index in [-0.39, 0.29) is 18.9 Å². The van der Waals surface area contributed by atoms with Gasteiger partial charge in [0.15, 0.2) is 12.6 Å². The lowest BCUT2D eigenvalue weighted by Crippen LogP contribution is -2.65. The van der Waals surface area contributed by atoms with Crippen LogP contribution in [0.3, 0.4) is 0 Å². The van der Waals surface area contributed by atoms with E-state index in [9.17, 15) is 45.6 Å². The molecule has 0 bridgehead atoms. The SMILES string of the molecule is CC/C=C\C/C=C\C/C=C\C/C=C\C/C=C\C/C=C\CCCCCCC(=O)NC(COC1OC(CO)C(OC2OC(CO)C(O)C(O)C2O)C(O)C1O)C(O)/C=C/CCCCCCCCCCCCCCCCCCCCC. The van der Waals surface area contributed by atoms with Crippen molar-refractivity contribution in [2.75, 3.05) is 19.8 Å². The number of carbonyl (C=O) groups is 1. The highest BCUT2D eigenvalue weighted by atomic mass is 16.7. The van der Waals surface area contributed by atoms with Gasteiger partial charge in [0.05, 0.1) is 32.0 Å². The van der Waals surface area contributed by atoms with Crippen LogP contribution < -0.4 is 5.32 Å². The smallest absolute Gasteiger partial charge is 0.220 e. The number of unbranched alkanes of at least 4 members (excludes halogenated alkanes) is 23. The Hall–Kier alpha value is -2.83. The van der Waals surface area contributed by atoms with Gasteiger partial charge in [-0.05, 0) is 70.6 Å². The van der Waals surface area contributed by atoms with E-state index in [1.54, 1.807) is 6.08 Å². The summed E-state index contributed by atoms with van der Waals surface area (Å²) >= 11 is 0. The Labute approximate surface area is 471 Å². The Kier molecular flexibility index (Phi) is 44.6. The van der Waals surface area contributed by atoms with E-state index in [2.05, 4.69) is 92.1 Å². The topological polar surface area (TPSA) is 228 Å². The fourth-order valence-electron chi connectivity index (χ4n) is 9.65. The first-order chi connectivity index (χ1) is 38.1. The standard InChI is InChI=1S/C64H111NO13/c1-3-5-7-9-11-13-15-17-19-21-23-25-26-28-30-32-34-36-38-40-42-44-46-48-56(69)65-52(53(68)47-45-43-41-39-37-35-33-31-29-27-24-22-20-18-16-14-12-10-8-6-4-2)51-75-63-61(74)59(72)62(55(50-67)77-63)78-64-60(73)58(71)57(70)54(49-66)76-64/h5,7,11,13,17,19,23,25,28,30,34,36,45,47,52-55,57-64,66-68,70-74H,3-4,6,8-10,12,14-16,18,20-22,24,26-27,29,31-33,35,37-44,46,48-51H2,1-2H3,(H,65,69)/b7-5-,13-11-,19-17-,25-23-,30-28-,36-34-,47-45+. The largest absolute Gasteiger partial charge is 0.394 e. The van der Waals surface area contributed by atoms with Crippen molar-refractivity contribution in [1.29, 1.82) is 0 Å². The number of allylic oxidation sites excluding steroid dienone is 13. The van der Waals surface area contributed by atoms with E-state index in [1.165, 1.54) is 109 Å². The van der Waals surface area contributed by atoms with Gasteiger partial charge in [-0.15, -0.1) is 0 Å². The van der Waals surface area contributed by atoms with Crippen molar-refractivity contribution < 1.29 is 64.6 Å². The summed E-state index contributed by atoms with van der Waals surface area (Å²) < 4.78 is 22.8. The van der Waals surface area contributed by atoms with Crippen LogP contribution in [0.1, 0.15) is 219 Å². The summed E-state index contributed by atoms with van der Waals surface area (Å²) in [6, 6.07) is -0.935. The molecule has 14 nitrogen and oxygen atoms in total. The molecule has 0 radical (unpaired) electrons. The third-order valence-corrected chi connectivity index (χ3v) is 14.6. The second-order valence-electron chi connectivity index (χ2n) is 21.5. The highest BCUT2D eigenvalue weighted by Crippen LogP contribution is 2.30. The van der Waals surface area contributed by atoms with Gasteiger partial charge in [0.25, 0.3) is 0 Å². The zero-order valence-electron chi connectivity index (χ0n) is 48.4. The summed E-state index contributed by atoms with van der Waals surface area (Å²) in [5, 5.41) is 87.2. The Morgan fingerprint density at radius 3 is 1.36 bits per heavy atom. The van der Waals surface area contributed by atoms with Gasteiger partial charge in [0.2, 0.25) is 5.91 Å². The van der Waals surface area contributed by atoms with Gasteiger partial charge >= 0.3 is 0 Å². The maximum Gasteiger partial charge on any atom is 0.220 e. The second kappa shape index (κ2) is 48.8. The molecule has 1 amide bonds. The van der Waals surface area contributed by atoms with Gasteiger partial charge in [-0.25, -0.2) is 0 Å². The van der Waals surface area contributed by atoms with Crippen molar-refractivity contribution in [2.24, 2.45) is 0 Å². The zero-order valence-corrected chi connectivity index (χ0v) is 48.4. The molecule has 0 aromatic heterocycles. The predicted octanol–water partition coefficient (Wildman–Crippen LogP) is 10.9. The Morgan fingerprint density at radius 2 is 0.885 bits per heavy atom. The van der Waals surface area contributed by atoms with Crippen molar-refractivity contribution in [3.8, 4) is 0 Å². The monoisotopic (exact) mass is 1100 g/mol. The molecule has 2 heterocycles. The lowest BCUT2D eigenvalue weighted by atomic mass is 9.97. The first-order valence-electron chi connectivity index (χ1n) is 30.8. The van der Waals surface area contributed by atoms with Crippen LogP contribution in [0.25, 0.3) is 0 Å². The predicted molar refractivity (Wildman–Crippen MR) is 313 cm³/mol. The van der Waals surface area contributed by atoms with Crippen LogP contribution in [0.15, 0.2) is 85.1 Å². The van der Waals surface area contributed by atoms with Crippen molar-refractivity contribution in [1.82, 2.24) is 5.32 Å². The number of nitrogens with one attached hydrogen (secondary N) is 1. The molecule has 12 unspecified atom stereocenters. The molecule has 2 fully saturated rings. The van der Waals surface area contributed by atoms with E-state index in [0.717, 1.165) is 83.5 Å². The molecular formula is C64H111NO13. The van der Waals surface area contributed by atoms with E-state index in [1.807, 2.05) is 6.08 Å².